The molecule has 2 aliphatic rings. The van der Waals surface area contributed by atoms with Crippen LogP contribution in [0.1, 0.15) is 5.56 Å². The summed E-state index contributed by atoms with van der Waals surface area (Å²) in [5, 5.41) is 8.41. The average molecular weight is 559 g/mol. The van der Waals surface area contributed by atoms with Crippen molar-refractivity contribution in [1.29, 1.82) is 0 Å². The molecule has 13 heteroatoms. The van der Waals surface area contributed by atoms with Crippen molar-refractivity contribution in [3.8, 4) is 0 Å². The molecular weight excluding hydrogens is 533 g/mol. The zero-order valence-electron chi connectivity index (χ0n) is 18.7. The number of nitrogens with one attached hydrogen (secondary N) is 2. The van der Waals surface area contributed by atoms with Gasteiger partial charge in [0.25, 0.3) is 0 Å². The number of morpholine rings is 2. The standard InChI is InChI=1S/C22H25Cl2N5O4S2/c23-17-2-1-16(19(24)13-17)15-25-27-22(34)26-20-14-18(35(30,31)29-7-11-33-12-8-29)3-4-21(20)28-5-9-32-10-6-28/h1-4,13-15H,5-12H2,(H2,26,27,34)/b25-15+. The van der Waals surface area contributed by atoms with Gasteiger partial charge in [0, 0.05) is 36.8 Å². The molecule has 2 aliphatic heterocycles. The smallest absolute Gasteiger partial charge is 0.243 e. The molecule has 2 heterocycles. The normalized spacial score (nSPS) is 17.5. The van der Waals surface area contributed by atoms with E-state index in [1.807, 2.05) is 0 Å². The largest absolute Gasteiger partial charge is 0.379 e. The molecule has 0 aliphatic carbocycles. The van der Waals surface area contributed by atoms with Gasteiger partial charge in [-0.25, -0.2) is 8.42 Å². The van der Waals surface area contributed by atoms with Crippen molar-refractivity contribution in [2.75, 3.05) is 62.8 Å². The number of rotatable bonds is 6. The maximum absolute atomic E-state index is 13.2. The molecule has 0 bridgehead atoms. The maximum atomic E-state index is 13.2. The molecule has 0 radical (unpaired) electrons. The van der Waals surface area contributed by atoms with Gasteiger partial charge in [-0.15, -0.1) is 0 Å². The van der Waals surface area contributed by atoms with Crippen molar-refractivity contribution in [3.05, 3.63) is 52.0 Å². The second kappa shape index (κ2) is 11.8. The monoisotopic (exact) mass is 557 g/mol. The zero-order valence-corrected chi connectivity index (χ0v) is 21.9. The lowest BCUT2D eigenvalue weighted by molar-refractivity contribution is 0.0730. The lowest BCUT2D eigenvalue weighted by Crippen LogP contribution is -2.40. The summed E-state index contributed by atoms with van der Waals surface area (Å²) >= 11 is 17.5. The molecule has 2 aromatic carbocycles. The van der Waals surface area contributed by atoms with Crippen LogP contribution in [0.25, 0.3) is 0 Å². The maximum Gasteiger partial charge on any atom is 0.243 e. The molecule has 0 aromatic heterocycles. The van der Waals surface area contributed by atoms with E-state index in [9.17, 15) is 8.42 Å². The summed E-state index contributed by atoms with van der Waals surface area (Å²) in [6, 6.07) is 10.1. The average Bonchev–Trinajstić information content (AvgIpc) is 2.86. The first-order valence-corrected chi connectivity index (χ1v) is 13.5. The Labute approximate surface area is 220 Å². The van der Waals surface area contributed by atoms with E-state index in [0.717, 1.165) is 5.69 Å². The Morgan fingerprint density at radius 2 is 1.69 bits per heavy atom. The minimum Gasteiger partial charge on any atom is -0.379 e. The quantitative estimate of drug-likeness (QED) is 0.317. The topological polar surface area (TPSA) is 95.5 Å². The summed E-state index contributed by atoms with van der Waals surface area (Å²) in [6.45, 7) is 3.91. The molecule has 2 fully saturated rings. The van der Waals surface area contributed by atoms with Crippen LogP contribution >= 0.6 is 35.4 Å². The van der Waals surface area contributed by atoms with E-state index in [2.05, 4.69) is 20.7 Å². The van der Waals surface area contributed by atoms with Gasteiger partial charge in [-0.2, -0.15) is 9.41 Å². The molecule has 9 nitrogen and oxygen atoms in total. The van der Waals surface area contributed by atoms with E-state index >= 15 is 0 Å². The molecule has 2 saturated heterocycles. The van der Waals surface area contributed by atoms with Gasteiger partial charge in [0.1, 0.15) is 0 Å². The number of sulfonamides is 1. The van der Waals surface area contributed by atoms with E-state index in [1.54, 1.807) is 36.4 Å². The zero-order chi connectivity index (χ0) is 24.8. The van der Waals surface area contributed by atoms with Crippen LogP contribution < -0.4 is 15.6 Å². The fourth-order valence-corrected chi connectivity index (χ4v) is 5.76. The van der Waals surface area contributed by atoms with E-state index < -0.39 is 10.0 Å². The summed E-state index contributed by atoms with van der Waals surface area (Å²) in [5.74, 6) is 0. The second-order valence-electron chi connectivity index (χ2n) is 7.78. The van der Waals surface area contributed by atoms with Crippen LogP contribution in [0.2, 0.25) is 10.0 Å². The lowest BCUT2D eigenvalue weighted by atomic mass is 10.2. The predicted molar refractivity (Wildman–Crippen MR) is 142 cm³/mol. The van der Waals surface area contributed by atoms with Crippen molar-refractivity contribution in [3.63, 3.8) is 0 Å². The van der Waals surface area contributed by atoms with Gasteiger partial charge in [0.2, 0.25) is 10.0 Å². The summed E-state index contributed by atoms with van der Waals surface area (Å²) in [5.41, 5.74) is 4.79. The van der Waals surface area contributed by atoms with E-state index in [4.69, 9.17) is 44.9 Å². The molecule has 0 spiro atoms. The molecule has 2 N–H and O–H groups in total. The first kappa shape index (κ1) is 26.1. The number of benzene rings is 2. The van der Waals surface area contributed by atoms with Crippen LogP contribution in [0.4, 0.5) is 11.4 Å². The minimum absolute atomic E-state index is 0.179. The highest BCUT2D eigenvalue weighted by Gasteiger charge is 2.28. The van der Waals surface area contributed by atoms with Crippen LogP contribution in [-0.2, 0) is 19.5 Å². The van der Waals surface area contributed by atoms with Gasteiger partial charge in [-0.05, 0) is 42.5 Å². The number of thiocarbonyl (C=S) groups is 1. The molecule has 35 heavy (non-hydrogen) atoms. The first-order chi connectivity index (χ1) is 16.8. The minimum atomic E-state index is -3.68. The van der Waals surface area contributed by atoms with Crippen LogP contribution in [0, 0.1) is 0 Å². The molecule has 0 amide bonds. The van der Waals surface area contributed by atoms with Gasteiger partial charge in [-0.1, -0.05) is 29.3 Å². The lowest BCUT2D eigenvalue weighted by Gasteiger charge is -2.31. The third-order valence-electron chi connectivity index (χ3n) is 5.51. The predicted octanol–water partition coefficient (Wildman–Crippen LogP) is 3.17. The van der Waals surface area contributed by atoms with Gasteiger partial charge in [0.15, 0.2) is 5.11 Å². The Morgan fingerprint density at radius 3 is 2.37 bits per heavy atom. The number of hydrazone groups is 1. The molecular formula is C22H25Cl2N5O4S2. The van der Waals surface area contributed by atoms with Crippen molar-refractivity contribution in [2.24, 2.45) is 5.10 Å². The fourth-order valence-electron chi connectivity index (χ4n) is 3.71. The Morgan fingerprint density at radius 1 is 1.00 bits per heavy atom. The van der Waals surface area contributed by atoms with E-state index in [0.29, 0.717) is 73.9 Å². The molecule has 2 aromatic rings. The molecule has 0 saturated carbocycles. The Hall–Kier alpha value is -1.99. The SMILES string of the molecule is O=S(=O)(c1ccc(N2CCOCC2)c(NC(=S)N/N=C/c2ccc(Cl)cc2Cl)c1)N1CCOCC1. The van der Waals surface area contributed by atoms with Gasteiger partial charge >= 0.3 is 0 Å². The highest BCUT2D eigenvalue weighted by Crippen LogP contribution is 2.31. The van der Waals surface area contributed by atoms with Crippen LogP contribution in [0.5, 0.6) is 0 Å². The Kier molecular flexibility index (Phi) is 8.82. The summed E-state index contributed by atoms with van der Waals surface area (Å²) in [4.78, 5) is 2.30. The molecule has 4 rings (SSSR count). The molecule has 0 unspecified atom stereocenters. The highest BCUT2D eigenvalue weighted by molar-refractivity contribution is 7.89. The van der Waals surface area contributed by atoms with Crippen LogP contribution in [0.15, 0.2) is 46.4 Å². The Bertz CT molecular complexity index is 1200. The number of hydrogen-bond acceptors (Lipinski definition) is 7. The third kappa shape index (κ3) is 6.62. The van der Waals surface area contributed by atoms with Crippen molar-refractivity contribution in [1.82, 2.24) is 9.73 Å². The highest BCUT2D eigenvalue weighted by atomic mass is 35.5. The fraction of sp³-hybridized carbons (Fsp3) is 0.364. The van der Waals surface area contributed by atoms with Gasteiger partial charge in [-0.3, -0.25) is 5.43 Å². The van der Waals surface area contributed by atoms with E-state index in [1.165, 1.54) is 10.5 Å². The van der Waals surface area contributed by atoms with Gasteiger partial charge in [0.05, 0.1) is 53.9 Å². The first-order valence-electron chi connectivity index (χ1n) is 10.9. The number of hydrogen-bond donors (Lipinski definition) is 2. The second-order valence-corrected chi connectivity index (χ2v) is 11.0. The summed E-state index contributed by atoms with van der Waals surface area (Å²) in [7, 11) is -3.68. The number of ether oxygens (including phenoxy) is 2. The summed E-state index contributed by atoms with van der Waals surface area (Å²) in [6.07, 6.45) is 1.52. The third-order valence-corrected chi connectivity index (χ3v) is 8.16. The Balaban J connectivity index is 1.55. The summed E-state index contributed by atoms with van der Waals surface area (Å²) < 4.78 is 38.6. The van der Waals surface area contributed by atoms with Gasteiger partial charge < -0.3 is 19.7 Å². The molecule has 0 atom stereocenters. The van der Waals surface area contributed by atoms with Crippen molar-refractivity contribution < 1.29 is 17.9 Å². The molecule has 188 valence electrons. The number of anilines is 2. The number of halogens is 2. The van der Waals surface area contributed by atoms with Crippen molar-refractivity contribution >= 4 is 68.1 Å². The van der Waals surface area contributed by atoms with E-state index in [-0.39, 0.29) is 10.0 Å². The number of nitrogens with zero attached hydrogens (tertiary/aromatic N) is 3. The van der Waals surface area contributed by atoms with Crippen molar-refractivity contribution in [2.45, 2.75) is 4.90 Å². The van der Waals surface area contributed by atoms with Crippen LogP contribution in [-0.4, -0.2) is 76.7 Å². The van der Waals surface area contributed by atoms with Crippen LogP contribution in [0.3, 0.4) is 0 Å².